The molecule has 1 aliphatic rings. The average Bonchev–Trinajstić information content (AvgIpc) is 2.67. The van der Waals surface area contributed by atoms with Crippen LogP contribution in [-0.4, -0.2) is 17.5 Å². The molecule has 0 radical (unpaired) electrons. The summed E-state index contributed by atoms with van der Waals surface area (Å²) in [5, 5.41) is 3.75. The van der Waals surface area contributed by atoms with E-state index in [-0.39, 0.29) is 5.54 Å². The standard InChI is InChI=1S/C11H22ClN/c1-3-11(4-2,9-12)13-10-7-5-6-8-10/h10,13H,3-9H2,1-2H3. The Hall–Kier alpha value is 0.250. The van der Waals surface area contributed by atoms with E-state index >= 15 is 0 Å². The molecule has 0 atom stereocenters. The fourth-order valence-corrected chi connectivity index (χ4v) is 2.64. The first kappa shape index (κ1) is 11.3. The summed E-state index contributed by atoms with van der Waals surface area (Å²) in [5.74, 6) is 0.747. The van der Waals surface area contributed by atoms with Crippen molar-refractivity contribution in [1.82, 2.24) is 5.32 Å². The van der Waals surface area contributed by atoms with Crippen molar-refractivity contribution < 1.29 is 0 Å². The monoisotopic (exact) mass is 203 g/mol. The lowest BCUT2D eigenvalue weighted by molar-refractivity contribution is 0.294. The number of rotatable bonds is 5. The topological polar surface area (TPSA) is 12.0 Å². The van der Waals surface area contributed by atoms with Crippen LogP contribution in [0.1, 0.15) is 52.4 Å². The van der Waals surface area contributed by atoms with E-state index in [2.05, 4.69) is 19.2 Å². The third-order valence-electron chi connectivity index (χ3n) is 3.47. The molecule has 0 amide bonds. The van der Waals surface area contributed by atoms with E-state index in [0.717, 1.165) is 24.8 Å². The SMILES string of the molecule is CCC(CC)(CCl)NC1CCCC1. The van der Waals surface area contributed by atoms with Crippen LogP contribution in [0.15, 0.2) is 0 Å². The van der Waals surface area contributed by atoms with Gasteiger partial charge < -0.3 is 5.32 Å². The fraction of sp³-hybridized carbons (Fsp3) is 1.00. The van der Waals surface area contributed by atoms with Gasteiger partial charge in [0.15, 0.2) is 0 Å². The second-order valence-electron chi connectivity index (χ2n) is 4.25. The lowest BCUT2D eigenvalue weighted by Gasteiger charge is -2.34. The van der Waals surface area contributed by atoms with Crippen LogP contribution in [0.4, 0.5) is 0 Å². The van der Waals surface area contributed by atoms with E-state index < -0.39 is 0 Å². The van der Waals surface area contributed by atoms with E-state index in [4.69, 9.17) is 11.6 Å². The first-order chi connectivity index (χ1) is 6.26. The summed E-state index contributed by atoms with van der Waals surface area (Å²) < 4.78 is 0. The maximum Gasteiger partial charge on any atom is 0.0405 e. The molecule has 1 N–H and O–H groups in total. The van der Waals surface area contributed by atoms with E-state index in [1.54, 1.807) is 0 Å². The van der Waals surface area contributed by atoms with Crippen LogP contribution >= 0.6 is 11.6 Å². The van der Waals surface area contributed by atoms with Gasteiger partial charge in [-0.25, -0.2) is 0 Å². The third kappa shape index (κ3) is 2.85. The first-order valence-corrected chi connectivity index (χ1v) is 6.13. The highest BCUT2D eigenvalue weighted by Crippen LogP contribution is 2.24. The van der Waals surface area contributed by atoms with E-state index in [0.29, 0.717) is 0 Å². The van der Waals surface area contributed by atoms with Gasteiger partial charge in [0.25, 0.3) is 0 Å². The summed E-state index contributed by atoms with van der Waals surface area (Å²) in [4.78, 5) is 0. The normalized spacial score (nSPS) is 19.6. The van der Waals surface area contributed by atoms with Gasteiger partial charge in [0, 0.05) is 17.5 Å². The van der Waals surface area contributed by atoms with Gasteiger partial charge in [0.05, 0.1) is 0 Å². The minimum Gasteiger partial charge on any atom is -0.307 e. The Balaban J connectivity index is 2.44. The molecule has 0 unspecified atom stereocenters. The third-order valence-corrected chi connectivity index (χ3v) is 3.99. The van der Waals surface area contributed by atoms with E-state index in [1.807, 2.05) is 0 Å². The molecule has 2 heteroatoms. The Kier molecular flexibility index (Phi) is 4.54. The Bertz CT molecular complexity index is 129. The summed E-state index contributed by atoms with van der Waals surface area (Å²) in [6.45, 7) is 4.46. The highest BCUT2D eigenvalue weighted by atomic mass is 35.5. The molecule has 1 aliphatic carbocycles. The largest absolute Gasteiger partial charge is 0.307 e. The molecule has 0 spiro atoms. The molecular weight excluding hydrogens is 182 g/mol. The van der Waals surface area contributed by atoms with Crippen molar-refractivity contribution in [2.24, 2.45) is 0 Å². The van der Waals surface area contributed by atoms with Crippen LogP contribution in [-0.2, 0) is 0 Å². The highest BCUT2D eigenvalue weighted by Gasteiger charge is 2.28. The van der Waals surface area contributed by atoms with Gasteiger partial charge in [-0.2, -0.15) is 0 Å². The second kappa shape index (κ2) is 5.21. The number of alkyl halides is 1. The molecule has 0 aromatic rings. The van der Waals surface area contributed by atoms with Gasteiger partial charge >= 0.3 is 0 Å². The van der Waals surface area contributed by atoms with Crippen molar-refractivity contribution in [2.75, 3.05) is 5.88 Å². The lowest BCUT2D eigenvalue weighted by atomic mass is 9.94. The van der Waals surface area contributed by atoms with Crippen LogP contribution in [0.3, 0.4) is 0 Å². The molecule has 0 aliphatic heterocycles. The maximum atomic E-state index is 6.04. The van der Waals surface area contributed by atoms with Crippen molar-refractivity contribution in [3.8, 4) is 0 Å². The van der Waals surface area contributed by atoms with E-state index in [9.17, 15) is 0 Å². The molecule has 0 aromatic heterocycles. The van der Waals surface area contributed by atoms with Gasteiger partial charge in [-0.1, -0.05) is 26.7 Å². The molecule has 78 valence electrons. The highest BCUT2D eigenvalue weighted by molar-refractivity contribution is 6.18. The Morgan fingerprint density at radius 1 is 1.23 bits per heavy atom. The van der Waals surface area contributed by atoms with Crippen LogP contribution in [0.2, 0.25) is 0 Å². The Morgan fingerprint density at radius 2 is 1.77 bits per heavy atom. The van der Waals surface area contributed by atoms with Crippen LogP contribution < -0.4 is 5.32 Å². The van der Waals surface area contributed by atoms with Crippen molar-refractivity contribution in [3.05, 3.63) is 0 Å². The lowest BCUT2D eigenvalue weighted by Crippen LogP contribution is -2.50. The number of hydrogen-bond acceptors (Lipinski definition) is 1. The molecule has 0 saturated heterocycles. The van der Waals surface area contributed by atoms with Crippen molar-refractivity contribution >= 4 is 11.6 Å². The smallest absolute Gasteiger partial charge is 0.0405 e. The van der Waals surface area contributed by atoms with Crippen LogP contribution in [0.25, 0.3) is 0 Å². The Labute approximate surface area is 87.2 Å². The zero-order valence-electron chi connectivity index (χ0n) is 8.91. The molecule has 0 aromatic carbocycles. The average molecular weight is 204 g/mol. The molecule has 1 nitrogen and oxygen atoms in total. The quantitative estimate of drug-likeness (QED) is 0.677. The van der Waals surface area contributed by atoms with Crippen molar-refractivity contribution in [3.63, 3.8) is 0 Å². The maximum absolute atomic E-state index is 6.04. The van der Waals surface area contributed by atoms with Crippen LogP contribution in [0, 0.1) is 0 Å². The molecule has 0 bridgehead atoms. The predicted octanol–water partition coefficient (Wildman–Crippen LogP) is 3.32. The van der Waals surface area contributed by atoms with Gasteiger partial charge in [0.1, 0.15) is 0 Å². The summed E-state index contributed by atoms with van der Waals surface area (Å²) in [7, 11) is 0. The minimum absolute atomic E-state index is 0.205. The molecule has 1 rings (SSSR count). The summed E-state index contributed by atoms with van der Waals surface area (Å²) >= 11 is 6.04. The second-order valence-corrected chi connectivity index (χ2v) is 4.51. The number of hydrogen-bond donors (Lipinski definition) is 1. The van der Waals surface area contributed by atoms with Crippen LogP contribution in [0.5, 0.6) is 0 Å². The van der Waals surface area contributed by atoms with Gasteiger partial charge in [-0.15, -0.1) is 11.6 Å². The van der Waals surface area contributed by atoms with E-state index in [1.165, 1.54) is 25.7 Å². The molecular formula is C11H22ClN. The zero-order valence-corrected chi connectivity index (χ0v) is 9.66. The number of nitrogens with one attached hydrogen (secondary N) is 1. The summed E-state index contributed by atoms with van der Waals surface area (Å²) in [5.41, 5.74) is 0.205. The molecule has 13 heavy (non-hydrogen) atoms. The number of halogens is 1. The minimum atomic E-state index is 0.205. The van der Waals surface area contributed by atoms with Crippen molar-refractivity contribution in [2.45, 2.75) is 64.0 Å². The predicted molar refractivity (Wildman–Crippen MR) is 59.4 cm³/mol. The van der Waals surface area contributed by atoms with Gasteiger partial charge in [-0.3, -0.25) is 0 Å². The first-order valence-electron chi connectivity index (χ1n) is 5.60. The molecule has 1 saturated carbocycles. The van der Waals surface area contributed by atoms with Gasteiger partial charge in [-0.05, 0) is 25.7 Å². The summed E-state index contributed by atoms with van der Waals surface area (Å²) in [6.07, 6.45) is 7.76. The zero-order chi connectivity index (χ0) is 9.73. The van der Waals surface area contributed by atoms with Gasteiger partial charge in [0.2, 0.25) is 0 Å². The molecule has 0 heterocycles. The van der Waals surface area contributed by atoms with Crippen molar-refractivity contribution in [1.29, 1.82) is 0 Å². The Morgan fingerprint density at radius 3 is 2.15 bits per heavy atom. The molecule has 1 fully saturated rings. The summed E-state index contributed by atoms with van der Waals surface area (Å²) in [6, 6.07) is 0.735. The fourth-order valence-electron chi connectivity index (χ4n) is 2.18.